The van der Waals surface area contributed by atoms with Gasteiger partial charge in [-0.05, 0) is 75.6 Å². The monoisotopic (exact) mass is 530 g/mol. The summed E-state index contributed by atoms with van der Waals surface area (Å²) in [5.41, 5.74) is 0.334. The highest BCUT2D eigenvalue weighted by molar-refractivity contribution is 7.91. The molecule has 0 radical (unpaired) electrons. The molecular formula is C25H30N4O5S2. The van der Waals surface area contributed by atoms with E-state index in [-0.39, 0.29) is 33.1 Å². The van der Waals surface area contributed by atoms with E-state index in [1.807, 2.05) is 13.0 Å². The Hall–Kier alpha value is -2.24. The Kier molecular flexibility index (Phi) is 4.45. The van der Waals surface area contributed by atoms with E-state index in [1.165, 1.54) is 0 Å². The van der Waals surface area contributed by atoms with Crippen molar-refractivity contribution in [3.63, 3.8) is 0 Å². The summed E-state index contributed by atoms with van der Waals surface area (Å²) < 4.78 is 53.9. The Morgan fingerprint density at radius 2 is 1.89 bits per heavy atom. The van der Waals surface area contributed by atoms with Gasteiger partial charge in [0.15, 0.2) is 9.84 Å². The molecule has 2 N–H and O–H groups in total. The van der Waals surface area contributed by atoms with Crippen LogP contribution in [0.3, 0.4) is 0 Å². The van der Waals surface area contributed by atoms with E-state index in [2.05, 4.69) is 19.9 Å². The quantitative estimate of drug-likeness (QED) is 0.588. The Morgan fingerprint density at radius 3 is 2.53 bits per heavy atom. The first-order chi connectivity index (χ1) is 16.9. The Balaban J connectivity index is 1.27. The molecule has 11 heteroatoms. The number of nitrogens with zero attached hydrogens (tertiary/aromatic N) is 2. The van der Waals surface area contributed by atoms with Crippen molar-refractivity contribution in [1.82, 2.24) is 9.71 Å². The first kappa shape index (κ1) is 22.9. The minimum absolute atomic E-state index is 0.00407. The molecule has 7 rings (SSSR count). The van der Waals surface area contributed by atoms with Gasteiger partial charge >= 0.3 is 0 Å². The van der Waals surface area contributed by atoms with Gasteiger partial charge in [-0.15, -0.1) is 0 Å². The summed E-state index contributed by atoms with van der Waals surface area (Å²) in [5.74, 6) is 1.32. The van der Waals surface area contributed by atoms with E-state index in [0.29, 0.717) is 36.8 Å². The maximum Gasteiger partial charge on any atom is 0.241 e. The summed E-state index contributed by atoms with van der Waals surface area (Å²) in [4.78, 5) is 19.5. The van der Waals surface area contributed by atoms with Gasteiger partial charge in [-0.25, -0.2) is 26.5 Å². The minimum Gasteiger partial charge on any atom is -0.370 e. The summed E-state index contributed by atoms with van der Waals surface area (Å²) in [6.45, 7) is 3.12. The lowest BCUT2D eigenvalue weighted by Crippen LogP contribution is -2.34. The number of pyridine rings is 1. The molecular weight excluding hydrogens is 500 g/mol. The lowest BCUT2D eigenvalue weighted by Gasteiger charge is -2.25. The third-order valence-electron chi connectivity index (χ3n) is 9.07. The van der Waals surface area contributed by atoms with Crippen LogP contribution in [0.15, 0.2) is 29.2 Å². The van der Waals surface area contributed by atoms with Crippen LogP contribution >= 0.6 is 0 Å². The maximum atomic E-state index is 13.3. The van der Waals surface area contributed by atoms with Gasteiger partial charge in [-0.1, -0.05) is 0 Å². The van der Waals surface area contributed by atoms with Crippen molar-refractivity contribution in [2.24, 2.45) is 16.7 Å². The number of sulfonamides is 1. The van der Waals surface area contributed by atoms with Crippen molar-refractivity contribution in [2.45, 2.75) is 55.9 Å². The third kappa shape index (κ3) is 3.73. The molecule has 3 heterocycles. The van der Waals surface area contributed by atoms with E-state index in [4.69, 9.17) is 0 Å². The van der Waals surface area contributed by atoms with Gasteiger partial charge in [-0.2, -0.15) is 0 Å². The summed E-state index contributed by atoms with van der Waals surface area (Å²) in [6.07, 6.45) is 4.87. The predicted molar refractivity (Wildman–Crippen MR) is 136 cm³/mol. The molecule has 36 heavy (non-hydrogen) atoms. The Morgan fingerprint density at radius 1 is 1.14 bits per heavy atom. The van der Waals surface area contributed by atoms with Crippen LogP contribution in [0.1, 0.15) is 45.4 Å². The number of sulfone groups is 1. The van der Waals surface area contributed by atoms with Gasteiger partial charge in [0.1, 0.15) is 5.82 Å². The second-order valence-electron chi connectivity index (χ2n) is 12.1. The van der Waals surface area contributed by atoms with Crippen molar-refractivity contribution in [2.75, 3.05) is 34.8 Å². The van der Waals surface area contributed by atoms with Crippen molar-refractivity contribution < 1.29 is 21.6 Å². The van der Waals surface area contributed by atoms with Crippen molar-refractivity contribution in [1.29, 1.82) is 0 Å². The molecule has 1 aromatic carbocycles. The standard InChI is InChI=1S/C25H30N4O5S2/c1-23(4-5-23)28-36(33,34)17-10-19-18(2-3-21(26-19)27-22(30)25-12-16(25)13-25)20(11-17)29-8-6-24(14-29)7-9-35(31,32)15-24/h2-3,10-11,16,28H,4-9,12-15H2,1H3,(H,26,27,30). The second-order valence-corrected chi connectivity index (χ2v) is 16.0. The molecule has 2 saturated heterocycles. The summed E-state index contributed by atoms with van der Waals surface area (Å²) in [6, 6.07) is 6.91. The molecule has 1 atom stereocenters. The maximum absolute atomic E-state index is 13.3. The molecule has 1 amide bonds. The van der Waals surface area contributed by atoms with Crippen molar-refractivity contribution in [3.8, 4) is 0 Å². The largest absolute Gasteiger partial charge is 0.370 e. The summed E-state index contributed by atoms with van der Waals surface area (Å²) in [7, 11) is -6.82. The van der Waals surface area contributed by atoms with Crippen LogP contribution in [0.2, 0.25) is 0 Å². The number of rotatable bonds is 6. The molecule has 2 aromatic rings. The molecule has 3 aliphatic carbocycles. The van der Waals surface area contributed by atoms with E-state index < -0.39 is 25.4 Å². The Bertz CT molecular complexity index is 1540. The highest BCUT2D eigenvalue weighted by Gasteiger charge is 2.74. The molecule has 3 saturated carbocycles. The number of hydrogen-bond donors (Lipinski definition) is 2. The number of hydrogen-bond acceptors (Lipinski definition) is 7. The molecule has 1 spiro atoms. The smallest absolute Gasteiger partial charge is 0.241 e. The SMILES string of the molecule is CC1(NS(=O)(=O)c2cc(N3CCC4(CCS(=O)(=O)C4)C3)c3ccc(NC(=O)C45CC4C5)nc3c2)CC1. The number of carbonyl (C=O) groups is 1. The molecule has 9 nitrogen and oxygen atoms in total. The van der Waals surface area contributed by atoms with Crippen LogP contribution in [-0.4, -0.2) is 57.9 Å². The van der Waals surface area contributed by atoms with Crippen LogP contribution in [0.25, 0.3) is 10.9 Å². The second kappa shape index (κ2) is 6.99. The number of amides is 1. The van der Waals surface area contributed by atoms with E-state index >= 15 is 0 Å². The molecule has 5 fully saturated rings. The number of carbonyl (C=O) groups excluding carboxylic acids is 1. The van der Waals surface area contributed by atoms with Gasteiger partial charge in [0.25, 0.3) is 0 Å². The third-order valence-corrected chi connectivity index (χ3v) is 12.6. The average molecular weight is 531 g/mol. The molecule has 2 aliphatic heterocycles. The van der Waals surface area contributed by atoms with E-state index in [1.54, 1.807) is 18.2 Å². The summed E-state index contributed by atoms with van der Waals surface area (Å²) in [5, 5.41) is 3.72. The molecule has 1 aromatic heterocycles. The van der Waals surface area contributed by atoms with Crippen LogP contribution in [0, 0.1) is 16.7 Å². The predicted octanol–water partition coefficient (Wildman–Crippen LogP) is 2.43. The van der Waals surface area contributed by atoms with Gasteiger partial charge in [-0.3, -0.25) is 4.79 Å². The minimum atomic E-state index is -3.79. The van der Waals surface area contributed by atoms with Gasteiger partial charge in [0.05, 0.1) is 27.3 Å². The normalized spacial score (nSPS) is 33.0. The van der Waals surface area contributed by atoms with Crippen molar-refractivity contribution >= 4 is 48.2 Å². The number of fused-ring (bicyclic) bond motifs is 2. The number of anilines is 2. The first-order valence-corrected chi connectivity index (χ1v) is 16.0. The lowest BCUT2D eigenvalue weighted by molar-refractivity contribution is -0.119. The topological polar surface area (TPSA) is 126 Å². The molecule has 0 bridgehead atoms. The average Bonchev–Trinajstić information content (AvgIpc) is 3.73. The summed E-state index contributed by atoms with van der Waals surface area (Å²) >= 11 is 0. The zero-order chi connectivity index (χ0) is 25.1. The van der Waals surface area contributed by atoms with E-state index in [0.717, 1.165) is 43.2 Å². The molecule has 5 aliphatic rings. The van der Waals surface area contributed by atoms with Crippen LogP contribution in [0.5, 0.6) is 0 Å². The highest BCUT2D eigenvalue weighted by atomic mass is 32.2. The number of nitrogens with one attached hydrogen (secondary N) is 2. The lowest BCUT2D eigenvalue weighted by atomic mass is 9.87. The van der Waals surface area contributed by atoms with E-state index in [9.17, 15) is 21.6 Å². The number of benzene rings is 1. The van der Waals surface area contributed by atoms with Gasteiger partial charge < -0.3 is 10.2 Å². The Labute approximate surface area is 211 Å². The number of aromatic nitrogens is 1. The fourth-order valence-electron chi connectivity index (χ4n) is 6.11. The molecule has 192 valence electrons. The highest BCUT2D eigenvalue weighted by Crippen LogP contribution is 2.75. The molecule has 1 unspecified atom stereocenters. The van der Waals surface area contributed by atoms with Crippen LogP contribution in [-0.2, 0) is 24.7 Å². The fourth-order valence-corrected chi connectivity index (χ4v) is 9.81. The zero-order valence-electron chi connectivity index (χ0n) is 20.2. The fraction of sp³-hybridized carbons (Fsp3) is 0.600. The van der Waals surface area contributed by atoms with Gasteiger partial charge in [0, 0.05) is 35.1 Å². The van der Waals surface area contributed by atoms with Gasteiger partial charge in [0.2, 0.25) is 15.9 Å². The zero-order valence-corrected chi connectivity index (χ0v) is 21.8. The van der Waals surface area contributed by atoms with Crippen molar-refractivity contribution in [3.05, 3.63) is 24.3 Å². The van der Waals surface area contributed by atoms with Crippen LogP contribution in [0.4, 0.5) is 11.5 Å². The first-order valence-electron chi connectivity index (χ1n) is 12.7. The van der Waals surface area contributed by atoms with Crippen LogP contribution < -0.4 is 14.9 Å².